The van der Waals surface area contributed by atoms with Crippen molar-refractivity contribution in [3.05, 3.63) is 0 Å². The minimum Gasteiger partial charge on any atom is -0.391 e. The maximum absolute atomic E-state index is 9.94. The second-order valence-electron chi connectivity index (χ2n) is 4.13. The van der Waals surface area contributed by atoms with E-state index >= 15 is 0 Å². The molecule has 0 aromatic carbocycles. The Bertz CT molecular complexity index is 139. The van der Waals surface area contributed by atoms with Gasteiger partial charge in [0.2, 0.25) is 0 Å². The first-order chi connectivity index (χ1) is 5.63. The van der Waals surface area contributed by atoms with E-state index in [1.54, 1.807) is 0 Å². The summed E-state index contributed by atoms with van der Waals surface area (Å²) < 4.78 is 0. The number of nitrogens with zero attached hydrogens (tertiary/aromatic N) is 1. The van der Waals surface area contributed by atoms with Crippen LogP contribution in [0.3, 0.4) is 0 Å². The highest BCUT2D eigenvalue weighted by atomic mass is 16.3. The molecule has 1 fully saturated rings. The van der Waals surface area contributed by atoms with Gasteiger partial charge >= 0.3 is 0 Å². The Kier molecular flexibility index (Phi) is 3.13. The van der Waals surface area contributed by atoms with Crippen LogP contribution >= 0.6 is 0 Å². The zero-order chi connectivity index (χ0) is 9.19. The lowest BCUT2D eigenvalue weighted by Gasteiger charge is -2.40. The van der Waals surface area contributed by atoms with Crippen LogP contribution in [0.5, 0.6) is 0 Å². The Morgan fingerprint density at radius 2 is 1.83 bits per heavy atom. The molecule has 1 saturated carbocycles. The Morgan fingerprint density at radius 3 is 2.17 bits per heavy atom. The highest BCUT2D eigenvalue weighted by molar-refractivity contribution is 4.97. The fourth-order valence-electron chi connectivity index (χ4n) is 2.45. The van der Waals surface area contributed by atoms with Crippen molar-refractivity contribution >= 4 is 0 Å². The van der Waals surface area contributed by atoms with Gasteiger partial charge in [0.1, 0.15) is 0 Å². The molecule has 0 radical (unpaired) electrons. The first-order valence-electron chi connectivity index (χ1n) is 4.99. The van der Waals surface area contributed by atoms with Crippen molar-refractivity contribution in [1.29, 1.82) is 0 Å². The van der Waals surface area contributed by atoms with Crippen molar-refractivity contribution in [2.45, 2.75) is 50.7 Å². The summed E-state index contributed by atoms with van der Waals surface area (Å²) in [5.74, 6) is 0. The molecular weight excluding hydrogens is 150 g/mol. The molecule has 0 bridgehead atoms. The van der Waals surface area contributed by atoms with Gasteiger partial charge in [-0.25, -0.2) is 0 Å². The van der Waals surface area contributed by atoms with Crippen molar-refractivity contribution in [1.82, 2.24) is 4.90 Å². The van der Waals surface area contributed by atoms with E-state index in [0.29, 0.717) is 0 Å². The van der Waals surface area contributed by atoms with Gasteiger partial charge in [0.15, 0.2) is 0 Å². The van der Waals surface area contributed by atoms with Gasteiger partial charge in [-0.3, -0.25) is 0 Å². The fourth-order valence-corrected chi connectivity index (χ4v) is 2.45. The summed E-state index contributed by atoms with van der Waals surface area (Å²) in [5.41, 5.74) is 0.0920. The molecule has 2 nitrogen and oxygen atoms in total. The Hall–Kier alpha value is -0.0800. The SMILES string of the molecule is CCC(O)C1(N(C)C)CCCC1. The van der Waals surface area contributed by atoms with E-state index in [1.807, 2.05) is 0 Å². The second kappa shape index (κ2) is 3.75. The molecule has 2 heteroatoms. The number of aliphatic hydroxyl groups is 1. The smallest absolute Gasteiger partial charge is 0.0721 e. The zero-order valence-corrected chi connectivity index (χ0v) is 8.51. The predicted molar refractivity (Wildman–Crippen MR) is 51.2 cm³/mol. The van der Waals surface area contributed by atoms with Crippen LogP contribution in [-0.2, 0) is 0 Å². The van der Waals surface area contributed by atoms with Crippen molar-refractivity contribution in [2.24, 2.45) is 0 Å². The third-order valence-corrected chi connectivity index (χ3v) is 3.37. The van der Waals surface area contributed by atoms with E-state index in [-0.39, 0.29) is 11.6 Å². The molecule has 1 aliphatic rings. The Labute approximate surface area is 75.6 Å². The van der Waals surface area contributed by atoms with E-state index < -0.39 is 0 Å². The van der Waals surface area contributed by atoms with Gasteiger partial charge in [-0.1, -0.05) is 19.8 Å². The lowest BCUT2D eigenvalue weighted by molar-refractivity contribution is -0.00492. The van der Waals surface area contributed by atoms with Crippen LogP contribution in [-0.4, -0.2) is 35.7 Å². The lowest BCUT2D eigenvalue weighted by Crippen LogP contribution is -2.51. The first kappa shape index (κ1) is 10.0. The minimum atomic E-state index is -0.144. The second-order valence-corrected chi connectivity index (χ2v) is 4.13. The van der Waals surface area contributed by atoms with Crippen LogP contribution < -0.4 is 0 Å². The number of rotatable bonds is 3. The first-order valence-corrected chi connectivity index (χ1v) is 4.99. The molecule has 12 heavy (non-hydrogen) atoms. The molecule has 72 valence electrons. The van der Waals surface area contributed by atoms with E-state index in [9.17, 15) is 5.11 Å². The third kappa shape index (κ3) is 1.50. The molecule has 0 aromatic heterocycles. The minimum absolute atomic E-state index is 0.0920. The Morgan fingerprint density at radius 1 is 1.33 bits per heavy atom. The van der Waals surface area contributed by atoms with Gasteiger partial charge in [-0.2, -0.15) is 0 Å². The van der Waals surface area contributed by atoms with Crippen molar-refractivity contribution in [3.63, 3.8) is 0 Å². The maximum atomic E-state index is 9.94. The van der Waals surface area contributed by atoms with Crippen molar-refractivity contribution in [2.75, 3.05) is 14.1 Å². The van der Waals surface area contributed by atoms with Gasteiger partial charge in [0, 0.05) is 5.54 Å². The number of aliphatic hydroxyl groups excluding tert-OH is 1. The number of hydrogen-bond donors (Lipinski definition) is 1. The summed E-state index contributed by atoms with van der Waals surface area (Å²) in [6.07, 6.45) is 5.60. The largest absolute Gasteiger partial charge is 0.391 e. The lowest BCUT2D eigenvalue weighted by atomic mass is 9.87. The normalized spacial score (nSPS) is 24.8. The van der Waals surface area contributed by atoms with Gasteiger partial charge in [-0.15, -0.1) is 0 Å². The third-order valence-electron chi connectivity index (χ3n) is 3.37. The van der Waals surface area contributed by atoms with Crippen molar-refractivity contribution in [3.8, 4) is 0 Å². The predicted octanol–water partition coefficient (Wildman–Crippen LogP) is 1.63. The molecular formula is C10H21NO. The van der Waals surface area contributed by atoms with Crippen LogP contribution in [0.4, 0.5) is 0 Å². The summed E-state index contributed by atoms with van der Waals surface area (Å²) in [4.78, 5) is 2.22. The summed E-state index contributed by atoms with van der Waals surface area (Å²) >= 11 is 0. The molecule has 0 saturated heterocycles. The van der Waals surface area contributed by atoms with Crippen LogP contribution in [0.1, 0.15) is 39.0 Å². The van der Waals surface area contributed by atoms with Crippen LogP contribution in [0.15, 0.2) is 0 Å². The average Bonchev–Trinajstić information content (AvgIpc) is 2.52. The standard InChI is InChI=1S/C10H21NO/c1-4-9(12)10(11(2)3)7-5-6-8-10/h9,12H,4-8H2,1-3H3. The van der Waals surface area contributed by atoms with E-state index in [2.05, 4.69) is 25.9 Å². The summed E-state index contributed by atoms with van der Waals surface area (Å²) in [5, 5.41) is 9.94. The van der Waals surface area contributed by atoms with E-state index in [4.69, 9.17) is 0 Å². The molecule has 0 aromatic rings. The topological polar surface area (TPSA) is 23.5 Å². The van der Waals surface area contributed by atoms with Crippen LogP contribution in [0.2, 0.25) is 0 Å². The molecule has 1 N–H and O–H groups in total. The zero-order valence-electron chi connectivity index (χ0n) is 8.51. The van der Waals surface area contributed by atoms with Gasteiger partial charge in [-0.05, 0) is 33.4 Å². The molecule has 0 aliphatic heterocycles. The van der Waals surface area contributed by atoms with Gasteiger partial charge in [0.25, 0.3) is 0 Å². The summed E-state index contributed by atoms with van der Waals surface area (Å²) in [6, 6.07) is 0. The number of hydrogen-bond acceptors (Lipinski definition) is 2. The van der Waals surface area contributed by atoms with Gasteiger partial charge in [0.05, 0.1) is 6.10 Å². The average molecular weight is 171 g/mol. The highest BCUT2D eigenvalue weighted by Gasteiger charge is 2.41. The maximum Gasteiger partial charge on any atom is 0.0721 e. The van der Waals surface area contributed by atoms with Crippen molar-refractivity contribution < 1.29 is 5.11 Å². The summed E-state index contributed by atoms with van der Waals surface area (Å²) in [6.45, 7) is 2.06. The highest BCUT2D eigenvalue weighted by Crippen LogP contribution is 2.37. The summed E-state index contributed by atoms with van der Waals surface area (Å²) in [7, 11) is 4.18. The van der Waals surface area contributed by atoms with Crippen LogP contribution in [0.25, 0.3) is 0 Å². The fraction of sp³-hybridized carbons (Fsp3) is 1.00. The molecule has 1 aliphatic carbocycles. The van der Waals surface area contributed by atoms with Crippen LogP contribution in [0, 0.1) is 0 Å². The molecule has 1 rings (SSSR count). The molecule has 0 spiro atoms. The van der Waals surface area contributed by atoms with E-state index in [0.717, 1.165) is 19.3 Å². The Balaban J connectivity index is 2.71. The van der Waals surface area contributed by atoms with Gasteiger partial charge < -0.3 is 10.0 Å². The molecule has 1 atom stereocenters. The monoisotopic (exact) mass is 171 g/mol. The molecule has 1 unspecified atom stereocenters. The molecule has 0 heterocycles. The number of likely N-dealkylation sites (N-methyl/N-ethyl adjacent to an activating group) is 1. The molecule has 0 amide bonds. The quantitative estimate of drug-likeness (QED) is 0.697. The van der Waals surface area contributed by atoms with E-state index in [1.165, 1.54) is 12.8 Å².